The van der Waals surface area contributed by atoms with E-state index in [-0.39, 0.29) is 5.56 Å². The number of hydrogen-bond acceptors (Lipinski definition) is 2. The molecule has 1 aromatic heterocycles. The van der Waals surface area contributed by atoms with Gasteiger partial charge in [0.1, 0.15) is 0 Å². The minimum atomic E-state index is -1.02. The van der Waals surface area contributed by atoms with E-state index in [9.17, 15) is 4.79 Å². The number of nitrogens with zero attached hydrogens (tertiary/aromatic N) is 2. The minimum absolute atomic E-state index is 0.140. The molecular formula is C11H8N2O2. The fourth-order valence-electron chi connectivity index (χ4n) is 1.59. The van der Waals surface area contributed by atoms with Crippen LogP contribution in [0, 0.1) is 11.3 Å². The molecule has 0 aliphatic heterocycles. The molecule has 1 heterocycles. The number of aromatic carboxylic acids is 1. The molecule has 0 saturated carbocycles. The van der Waals surface area contributed by atoms with Gasteiger partial charge in [-0.2, -0.15) is 5.26 Å². The molecule has 0 unspecified atom stereocenters. The molecule has 0 atom stereocenters. The van der Waals surface area contributed by atoms with Crippen molar-refractivity contribution in [2.24, 2.45) is 7.05 Å². The molecule has 0 fully saturated rings. The maximum absolute atomic E-state index is 10.8. The molecule has 1 aromatic carbocycles. The van der Waals surface area contributed by atoms with Gasteiger partial charge in [-0.05, 0) is 18.2 Å². The van der Waals surface area contributed by atoms with Crippen LogP contribution in [-0.4, -0.2) is 15.6 Å². The van der Waals surface area contributed by atoms with E-state index in [1.165, 1.54) is 6.07 Å². The van der Waals surface area contributed by atoms with E-state index in [0.29, 0.717) is 5.56 Å². The van der Waals surface area contributed by atoms with Crippen LogP contribution in [0.15, 0.2) is 24.4 Å². The molecule has 74 valence electrons. The van der Waals surface area contributed by atoms with Gasteiger partial charge in [0.15, 0.2) is 0 Å². The number of carboxylic acids is 1. The van der Waals surface area contributed by atoms with Crippen molar-refractivity contribution in [3.63, 3.8) is 0 Å². The number of carboxylic acid groups (broad SMARTS) is 1. The summed E-state index contributed by atoms with van der Waals surface area (Å²) in [5, 5.41) is 18.6. The Kier molecular flexibility index (Phi) is 1.94. The Bertz CT molecular complexity index is 590. The molecule has 0 aliphatic carbocycles. The van der Waals surface area contributed by atoms with Crippen molar-refractivity contribution < 1.29 is 9.90 Å². The average molecular weight is 200 g/mol. The molecule has 1 N–H and O–H groups in total. The molecule has 0 spiro atoms. The van der Waals surface area contributed by atoms with Crippen LogP contribution < -0.4 is 0 Å². The first kappa shape index (κ1) is 9.28. The minimum Gasteiger partial charge on any atom is -0.478 e. The van der Waals surface area contributed by atoms with E-state index in [1.807, 2.05) is 13.1 Å². The quantitative estimate of drug-likeness (QED) is 0.762. The number of carbonyl (C=O) groups is 1. The van der Waals surface area contributed by atoms with Crippen LogP contribution in [0.2, 0.25) is 0 Å². The van der Waals surface area contributed by atoms with Gasteiger partial charge in [0.2, 0.25) is 0 Å². The lowest BCUT2D eigenvalue weighted by atomic mass is 10.1. The van der Waals surface area contributed by atoms with Gasteiger partial charge in [-0.15, -0.1) is 0 Å². The second kappa shape index (κ2) is 3.14. The number of hydrogen-bond donors (Lipinski definition) is 1. The summed E-state index contributed by atoms with van der Waals surface area (Å²) in [4.78, 5) is 10.8. The van der Waals surface area contributed by atoms with E-state index >= 15 is 0 Å². The number of aryl methyl sites for hydroxylation is 1. The molecule has 0 radical (unpaired) electrons. The van der Waals surface area contributed by atoms with Crippen LogP contribution in [0.5, 0.6) is 0 Å². The Labute approximate surface area is 86.0 Å². The first-order valence-corrected chi connectivity index (χ1v) is 4.36. The summed E-state index contributed by atoms with van der Waals surface area (Å²) >= 11 is 0. The van der Waals surface area contributed by atoms with Gasteiger partial charge in [-0.3, -0.25) is 0 Å². The monoisotopic (exact) mass is 200 g/mol. The molecule has 4 heteroatoms. The summed E-state index contributed by atoms with van der Waals surface area (Å²) in [5.41, 5.74) is 1.29. The summed E-state index contributed by atoms with van der Waals surface area (Å²) in [6.07, 6.45) is 1.80. The Morgan fingerprint density at radius 1 is 1.53 bits per heavy atom. The van der Waals surface area contributed by atoms with Crippen molar-refractivity contribution in [2.75, 3.05) is 0 Å². The Morgan fingerprint density at radius 3 is 2.87 bits per heavy atom. The number of rotatable bonds is 1. The molecule has 0 aliphatic rings. The van der Waals surface area contributed by atoms with Crippen molar-refractivity contribution in [1.82, 2.24) is 4.57 Å². The van der Waals surface area contributed by atoms with E-state index < -0.39 is 5.97 Å². The van der Waals surface area contributed by atoms with E-state index in [0.717, 1.165) is 10.9 Å². The van der Waals surface area contributed by atoms with E-state index in [4.69, 9.17) is 10.4 Å². The summed E-state index contributed by atoms with van der Waals surface area (Å²) in [6.45, 7) is 0. The van der Waals surface area contributed by atoms with Crippen molar-refractivity contribution in [2.45, 2.75) is 0 Å². The molecule has 2 aromatic rings. The number of nitriles is 1. The predicted octanol–water partition coefficient (Wildman–Crippen LogP) is 1.75. The fraction of sp³-hybridized carbons (Fsp3) is 0.0909. The molecule has 0 amide bonds. The maximum atomic E-state index is 10.8. The number of benzene rings is 1. The normalized spacial score (nSPS) is 10.1. The Hall–Kier alpha value is -2.28. The van der Waals surface area contributed by atoms with Gasteiger partial charge in [-0.25, -0.2) is 4.79 Å². The third-order valence-electron chi connectivity index (χ3n) is 2.37. The largest absolute Gasteiger partial charge is 0.478 e. The highest BCUT2D eigenvalue weighted by Gasteiger charge is 2.10. The van der Waals surface area contributed by atoms with Crippen LogP contribution in [-0.2, 0) is 7.05 Å². The van der Waals surface area contributed by atoms with Crippen molar-refractivity contribution in [1.29, 1.82) is 5.26 Å². The molecular weight excluding hydrogens is 192 g/mol. The van der Waals surface area contributed by atoms with Gasteiger partial charge < -0.3 is 9.67 Å². The highest BCUT2D eigenvalue weighted by molar-refractivity contribution is 5.96. The van der Waals surface area contributed by atoms with E-state index in [2.05, 4.69) is 0 Å². The van der Waals surface area contributed by atoms with Crippen LogP contribution in [0.4, 0.5) is 0 Å². The Balaban J connectivity index is 2.87. The number of fused-ring (bicyclic) bond motifs is 1. The summed E-state index contributed by atoms with van der Waals surface area (Å²) in [7, 11) is 1.81. The second-order valence-electron chi connectivity index (χ2n) is 3.30. The van der Waals surface area contributed by atoms with Crippen LogP contribution in [0.1, 0.15) is 15.9 Å². The summed E-state index contributed by atoms with van der Waals surface area (Å²) in [6, 6.07) is 6.77. The fourth-order valence-corrected chi connectivity index (χ4v) is 1.59. The third-order valence-corrected chi connectivity index (χ3v) is 2.37. The van der Waals surface area contributed by atoms with Gasteiger partial charge in [0, 0.05) is 24.1 Å². The van der Waals surface area contributed by atoms with E-state index in [1.54, 1.807) is 22.9 Å². The van der Waals surface area contributed by atoms with Crippen molar-refractivity contribution in [3.8, 4) is 6.07 Å². The maximum Gasteiger partial charge on any atom is 0.335 e. The highest BCUT2D eigenvalue weighted by Crippen LogP contribution is 2.21. The Morgan fingerprint density at radius 2 is 2.27 bits per heavy atom. The summed E-state index contributed by atoms with van der Waals surface area (Å²) in [5.74, 6) is -1.02. The standard InChI is InChI=1S/C11H8N2O2/c1-13-3-2-9-8(6-12)4-7(11(14)15)5-10(9)13/h2-5H,1H3,(H,14,15). The van der Waals surface area contributed by atoms with Gasteiger partial charge in [-0.1, -0.05) is 0 Å². The van der Waals surface area contributed by atoms with Gasteiger partial charge >= 0.3 is 5.97 Å². The van der Waals surface area contributed by atoms with Gasteiger partial charge in [0.25, 0.3) is 0 Å². The lowest BCUT2D eigenvalue weighted by Gasteiger charge is -2.00. The third kappa shape index (κ3) is 1.34. The molecule has 4 nitrogen and oxygen atoms in total. The molecule has 15 heavy (non-hydrogen) atoms. The zero-order valence-corrected chi connectivity index (χ0v) is 8.06. The SMILES string of the molecule is Cn1ccc2c(C#N)cc(C(=O)O)cc21. The van der Waals surface area contributed by atoms with Crippen molar-refractivity contribution >= 4 is 16.9 Å². The van der Waals surface area contributed by atoms with Gasteiger partial charge in [0.05, 0.1) is 17.2 Å². The molecule has 0 bridgehead atoms. The summed E-state index contributed by atoms with van der Waals surface area (Å²) < 4.78 is 1.79. The topological polar surface area (TPSA) is 66.0 Å². The van der Waals surface area contributed by atoms with Crippen molar-refractivity contribution in [3.05, 3.63) is 35.5 Å². The zero-order valence-electron chi connectivity index (χ0n) is 8.06. The average Bonchev–Trinajstić information content (AvgIpc) is 2.59. The van der Waals surface area contributed by atoms with Crippen LogP contribution in [0.25, 0.3) is 10.9 Å². The van der Waals surface area contributed by atoms with Crippen LogP contribution >= 0.6 is 0 Å². The highest BCUT2D eigenvalue weighted by atomic mass is 16.4. The molecule has 2 rings (SSSR count). The first-order valence-electron chi connectivity index (χ1n) is 4.36. The first-order chi connectivity index (χ1) is 7.13. The smallest absolute Gasteiger partial charge is 0.335 e. The number of aromatic nitrogens is 1. The lowest BCUT2D eigenvalue weighted by molar-refractivity contribution is 0.0697. The predicted molar refractivity (Wildman–Crippen MR) is 54.6 cm³/mol. The second-order valence-corrected chi connectivity index (χ2v) is 3.30. The zero-order chi connectivity index (χ0) is 11.0. The lowest BCUT2D eigenvalue weighted by Crippen LogP contribution is -1.98. The molecule has 0 saturated heterocycles. The van der Waals surface area contributed by atoms with Crippen LogP contribution in [0.3, 0.4) is 0 Å².